The van der Waals surface area contributed by atoms with Crippen molar-refractivity contribution in [1.29, 1.82) is 0 Å². The molecule has 1 heterocycles. The van der Waals surface area contributed by atoms with Crippen LogP contribution in [0.4, 0.5) is 5.00 Å². The van der Waals surface area contributed by atoms with E-state index in [1.165, 1.54) is 25.4 Å². The summed E-state index contributed by atoms with van der Waals surface area (Å²) in [4.78, 5) is 36.5. The summed E-state index contributed by atoms with van der Waals surface area (Å²) in [5.41, 5.74) is 1.93. The summed E-state index contributed by atoms with van der Waals surface area (Å²) >= 11 is 1.25. The highest BCUT2D eigenvalue weighted by Gasteiger charge is 2.22. The van der Waals surface area contributed by atoms with Crippen molar-refractivity contribution >= 4 is 34.0 Å². The summed E-state index contributed by atoms with van der Waals surface area (Å²) in [5, 5.41) is 12.5. The van der Waals surface area contributed by atoms with Gasteiger partial charge in [-0.25, -0.2) is 4.79 Å². The van der Waals surface area contributed by atoms with E-state index in [2.05, 4.69) is 5.32 Å². The van der Waals surface area contributed by atoms with Gasteiger partial charge in [0, 0.05) is 16.0 Å². The molecule has 26 heavy (non-hydrogen) atoms. The van der Waals surface area contributed by atoms with Crippen LogP contribution >= 0.6 is 11.3 Å². The van der Waals surface area contributed by atoms with Crippen LogP contribution < -0.4 is 10.1 Å². The van der Waals surface area contributed by atoms with Crippen LogP contribution in [0.15, 0.2) is 18.2 Å². The zero-order valence-electron chi connectivity index (χ0n) is 15.1. The number of rotatable bonds is 7. The Morgan fingerprint density at radius 2 is 1.96 bits per heavy atom. The molecule has 2 aromatic rings. The maximum atomic E-state index is 12.5. The van der Waals surface area contributed by atoms with E-state index in [4.69, 9.17) is 4.74 Å². The normalized spacial score (nSPS) is 10.5. The number of aryl methyl sites for hydroxylation is 1. The molecule has 0 fully saturated rings. The number of amides is 1. The molecule has 0 spiro atoms. The number of carbonyl (C=O) groups is 3. The molecular formula is C19H21NO5S. The Labute approximate surface area is 155 Å². The fourth-order valence-corrected chi connectivity index (χ4v) is 3.95. The summed E-state index contributed by atoms with van der Waals surface area (Å²) in [5.74, 6) is -1.03. The van der Waals surface area contributed by atoms with Crippen LogP contribution in [0.3, 0.4) is 0 Å². The molecule has 1 amide bonds. The van der Waals surface area contributed by atoms with E-state index in [9.17, 15) is 19.5 Å². The number of ether oxygens (including phenoxy) is 1. The molecule has 1 aromatic carbocycles. The second-order valence-corrected chi connectivity index (χ2v) is 7.03. The lowest BCUT2D eigenvalue weighted by Gasteiger charge is -2.10. The summed E-state index contributed by atoms with van der Waals surface area (Å²) in [6, 6.07) is 4.91. The first-order chi connectivity index (χ1) is 12.3. The van der Waals surface area contributed by atoms with Gasteiger partial charge in [0.25, 0.3) is 0 Å². The molecule has 7 heteroatoms. The average Bonchev–Trinajstić information content (AvgIpc) is 2.89. The van der Waals surface area contributed by atoms with Gasteiger partial charge in [0.15, 0.2) is 5.78 Å². The minimum Gasteiger partial charge on any atom is -0.496 e. The van der Waals surface area contributed by atoms with Gasteiger partial charge in [-0.1, -0.05) is 6.92 Å². The Morgan fingerprint density at radius 3 is 2.50 bits per heavy atom. The quantitative estimate of drug-likeness (QED) is 0.720. The van der Waals surface area contributed by atoms with Gasteiger partial charge in [-0.2, -0.15) is 0 Å². The highest BCUT2D eigenvalue weighted by atomic mass is 32.1. The van der Waals surface area contributed by atoms with E-state index >= 15 is 0 Å². The molecule has 0 unspecified atom stereocenters. The fraction of sp³-hybridized carbons (Fsp3) is 0.316. The maximum Gasteiger partial charge on any atom is 0.339 e. The zero-order valence-corrected chi connectivity index (χ0v) is 16.0. The largest absolute Gasteiger partial charge is 0.496 e. The maximum absolute atomic E-state index is 12.5. The van der Waals surface area contributed by atoms with Crippen molar-refractivity contribution in [3.05, 3.63) is 45.3 Å². The molecule has 0 saturated carbocycles. The van der Waals surface area contributed by atoms with Crippen molar-refractivity contribution in [2.45, 2.75) is 33.6 Å². The monoisotopic (exact) mass is 375 g/mol. The average molecular weight is 375 g/mol. The first kappa shape index (κ1) is 19.7. The highest BCUT2D eigenvalue weighted by molar-refractivity contribution is 7.16. The summed E-state index contributed by atoms with van der Waals surface area (Å²) < 4.78 is 5.25. The molecule has 2 N–H and O–H groups in total. The van der Waals surface area contributed by atoms with Crippen LogP contribution in [0.5, 0.6) is 5.75 Å². The lowest BCUT2D eigenvalue weighted by Crippen LogP contribution is -2.16. The molecule has 0 saturated heterocycles. The molecule has 138 valence electrons. The lowest BCUT2D eigenvalue weighted by atomic mass is 10.0. The van der Waals surface area contributed by atoms with Crippen LogP contribution in [-0.2, 0) is 17.6 Å². The van der Waals surface area contributed by atoms with Crippen molar-refractivity contribution in [2.75, 3.05) is 12.4 Å². The molecule has 0 atom stereocenters. The Balaban J connectivity index is 2.29. The van der Waals surface area contributed by atoms with Crippen molar-refractivity contribution in [2.24, 2.45) is 0 Å². The van der Waals surface area contributed by atoms with E-state index < -0.39 is 5.97 Å². The third kappa shape index (κ3) is 4.11. The predicted octanol–water partition coefficient (Wildman–Crippen LogP) is 3.71. The number of nitrogens with one attached hydrogen (secondary N) is 1. The molecule has 0 aliphatic heterocycles. The van der Waals surface area contributed by atoms with Crippen LogP contribution in [0.2, 0.25) is 0 Å². The number of carboxylic acid groups (broad SMARTS) is 1. The standard InChI is InChI=1S/C19H21NO5S/c1-5-14-11(3)26-18(17(14)19(23)24)20-16(22)9-13-8-12(10(2)21)6-7-15(13)25-4/h6-8H,5,9H2,1-4H3,(H,20,22)(H,23,24). The van der Waals surface area contributed by atoms with Crippen LogP contribution in [-0.4, -0.2) is 29.9 Å². The highest BCUT2D eigenvalue weighted by Crippen LogP contribution is 2.33. The fourth-order valence-electron chi connectivity index (χ4n) is 2.80. The minimum absolute atomic E-state index is 0.0260. The van der Waals surface area contributed by atoms with Gasteiger partial charge in [-0.3, -0.25) is 9.59 Å². The third-order valence-corrected chi connectivity index (χ3v) is 5.13. The van der Waals surface area contributed by atoms with Crippen molar-refractivity contribution in [1.82, 2.24) is 0 Å². The number of carboxylic acids is 1. The second kappa shape index (κ2) is 8.14. The van der Waals surface area contributed by atoms with Gasteiger partial charge in [0.2, 0.25) is 5.91 Å². The Hall–Kier alpha value is -2.67. The van der Waals surface area contributed by atoms with E-state index in [0.717, 1.165) is 10.4 Å². The molecule has 6 nitrogen and oxygen atoms in total. The Kier molecular flexibility index (Phi) is 6.15. The van der Waals surface area contributed by atoms with Gasteiger partial charge in [0.05, 0.1) is 19.1 Å². The number of Topliss-reactive ketones (excluding diaryl/α,β-unsaturated/α-hetero) is 1. The zero-order chi connectivity index (χ0) is 19.4. The van der Waals surface area contributed by atoms with Crippen molar-refractivity contribution in [3.8, 4) is 5.75 Å². The number of methoxy groups -OCH3 is 1. The molecule has 0 radical (unpaired) electrons. The topological polar surface area (TPSA) is 92.7 Å². The van der Waals surface area contributed by atoms with Gasteiger partial charge in [0.1, 0.15) is 10.8 Å². The molecule has 2 rings (SSSR count). The van der Waals surface area contributed by atoms with E-state index in [-0.39, 0.29) is 23.7 Å². The molecule has 0 bridgehead atoms. The number of ketones is 1. The van der Waals surface area contributed by atoms with Gasteiger partial charge < -0.3 is 15.2 Å². The number of anilines is 1. The first-order valence-corrected chi connectivity index (χ1v) is 8.93. The van der Waals surface area contributed by atoms with Gasteiger partial charge in [-0.05, 0) is 44.0 Å². The lowest BCUT2D eigenvalue weighted by molar-refractivity contribution is -0.115. The number of carbonyl (C=O) groups excluding carboxylic acids is 2. The SMILES string of the molecule is CCc1c(C)sc(NC(=O)Cc2cc(C(C)=O)ccc2OC)c1C(=O)O. The van der Waals surface area contributed by atoms with E-state index in [1.54, 1.807) is 18.2 Å². The first-order valence-electron chi connectivity index (χ1n) is 8.11. The van der Waals surface area contributed by atoms with Gasteiger partial charge >= 0.3 is 5.97 Å². The molecule has 0 aliphatic carbocycles. The van der Waals surface area contributed by atoms with Crippen LogP contribution in [0.25, 0.3) is 0 Å². The van der Waals surface area contributed by atoms with Crippen LogP contribution in [0.1, 0.15) is 50.6 Å². The van der Waals surface area contributed by atoms with Gasteiger partial charge in [-0.15, -0.1) is 11.3 Å². The smallest absolute Gasteiger partial charge is 0.339 e. The molecular weight excluding hydrogens is 354 g/mol. The number of benzene rings is 1. The van der Waals surface area contributed by atoms with Crippen LogP contribution in [0, 0.1) is 6.92 Å². The Bertz CT molecular complexity index is 869. The number of hydrogen-bond acceptors (Lipinski definition) is 5. The van der Waals surface area contributed by atoms with E-state index in [1.807, 2.05) is 13.8 Å². The molecule has 0 aliphatic rings. The van der Waals surface area contributed by atoms with Crippen molar-refractivity contribution < 1.29 is 24.2 Å². The third-order valence-electron chi connectivity index (χ3n) is 4.07. The summed E-state index contributed by atoms with van der Waals surface area (Å²) in [6.45, 7) is 5.17. The minimum atomic E-state index is -1.06. The molecule has 1 aromatic heterocycles. The summed E-state index contributed by atoms with van der Waals surface area (Å²) in [6.07, 6.45) is 0.552. The summed E-state index contributed by atoms with van der Waals surface area (Å²) in [7, 11) is 1.49. The number of thiophene rings is 1. The van der Waals surface area contributed by atoms with E-state index in [0.29, 0.717) is 28.3 Å². The number of hydrogen-bond donors (Lipinski definition) is 2. The Morgan fingerprint density at radius 1 is 1.27 bits per heavy atom. The predicted molar refractivity (Wildman–Crippen MR) is 101 cm³/mol. The second-order valence-electron chi connectivity index (χ2n) is 5.81. The number of aromatic carboxylic acids is 1. The van der Waals surface area contributed by atoms with Crippen molar-refractivity contribution in [3.63, 3.8) is 0 Å².